The summed E-state index contributed by atoms with van der Waals surface area (Å²) in [5.74, 6) is 0.180. The van der Waals surface area contributed by atoms with Gasteiger partial charge in [0.2, 0.25) is 10.0 Å². The van der Waals surface area contributed by atoms with Crippen molar-refractivity contribution in [2.75, 3.05) is 6.54 Å². The highest BCUT2D eigenvalue weighted by Gasteiger charge is 2.29. The summed E-state index contributed by atoms with van der Waals surface area (Å²) in [5, 5.41) is 0. The molecule has 0 spiro atoms. The second-order valence-electron chi connectivity index (χ2n) is 6.11. The zero-order valence-corrected chi connectivity index (χ0v) is 14.3. The SMILES string of the molecule is Cn1cc(S(=O)(=O)NC(CN)C2CCCCC2)c(=O)n(C)c1=O. The molecule has 9 heteroatoms. The molecule has 1 heterocycles. The number of aryl methyl sites for hydroxylation is 1. The van der Waals surface area contributed by atoms with Gasteiger partial charge in [0.25, 0.3) is 5.56 Å². The number of sulfonamides is 1. The van der Waals surface area contributed by atoms with Gasteiger partial charge >= 0.3 is 5.69 Å². The molecular formula is C14H24N4O4S. The molecule has 130 valence electrons. The smallest absolute Gasteiger partial charge is 0.329 e. The number of hydrogen-bond acceptors (Lipinski definition) is 5. The second kappa shape index (κ2) is 6.98. The Bertz CT molecular complexity index is 775. The highest BCUT2D eigenvalue weighted by atomic mass is 32.2. The van der Waals surface area contributed by atoms with E-state index >= 15 is 0 Å². The van der Waals surface area contributed by atoms with Gasteiger partial charge in [-0.3, -0.25) is 9.36 Å². The number of nitrogens with zero attached hydrogens (tertiary/aromatic N) is 2. The lowest BCUT2D eigenvalue weighted by molar-refractivity contribution is 0.294. The van der Waals surface area contributed by atoms with Crippen LogP contribution in [0.1, 0.15) is 32.1 Å². The molecular weight excluding hydrogens is 320 g/mol. The van der Waals surface area contributed by atoms with Crippen molar-refractivity contribution in [2.24, 2.45) is 25.7 Å². The molecule has 1 aliphatic rings. The molecule has 0 aliphatic heterocycles. The van der Waals surface area contributed by atoms with E-state index in [2.05, 4.69) is 4.72 Å². The first kappa shape index (κ1) is 17.9. The molecule has 3 N–H and O–H groups in total. The Hall–Kier alpha value is -1.45. The Morgan fingerprint density at radius 3 is 2.43 bits per heavy atom. The Kier molecular flexibility index (Phi) is 5.43. The monoisotopic (exact) mass is 344 g/mol. The number of nitrogens with one attached hydrogen (secondary N) is 1. The van der Waals surface area contributed by atoms with E-state index in [9.17, 15) is 18.0 Å². The Balaban J connectivity index is 2.35. The van der Waals surface area contributed by atoms with Crippen molar-refractivity contribution in [3.8, 4) is 0 Å². The molecule has 1 aromatic heterocycles. The Morgan fingerprint density at radius 2 is 1.87 bits per heavy atom. The maximum Gasteiger partial charge on any atom is 0.330 e. The van der Waals surface area contributed by atoms with Crippen LogP contribution in [0, 0.1) is 5.92 Å². The third kappa shape index (κ3) is 3.73. The quantitative estimate of drug-likeness (QED) is 0.730. The van der Waals surface area contributed by atoms with Crippen molar-refractivity contribution in [3.05, 3.63) is 27.0 Å². The molecule has 1 fully saturated rings. The molecule has 1 aliphatic carbocycles. The lowest BCUT2D eigenvalue weighted by atomic mass is 9.84. The van der Waals surface area contributed by atoms with Crippen molar-refractivity contribution in [1.29, 1.82) is 0 Å². The van der Waals surface area contributed by atoms with E-state index in [1.54, 1.807) is 0 Å². The Labute approximate surface area is 135 Å². The van der Waals surface area contributed by atoms with E-state index in [0.717, 1.165) is 47.4 Å². The van der Waals surface area contributed by atoms with E-state index in [4.69, 9.17) is 5.73 Å². The lowest BCUT2D eigenvalue weighted by Gasteiger charge is -2.29. The third-order valence-electron chi connectivity index (χ3n) is 4.48. The van der Waals surface area contributed by atoms with E-state index in [1.165, 1.54) is 14.1 Å². The normalized spacial score (nSPS) is 18.0. The van der Waals surface area contributed by atoms with Crippen LogP contribution in [0.2, 0.25) is 0 Å². The molecule has 1 unspecified atom stereocenters. The summed E-state index contributed by atoms with van der Waals surface area (Å²) in [4.78, 5) is 23.4. The first-order valence-electron chi connectivity index (χ1n) is 7.77. The van der Waals surface area contributed by atoms with Crippen molar-refractivity contribution in [3.63, 3.8) is 0 Å². The van der Waals surface area contributed by atoms with E-state index in [-0.39, 0.29) is 12.5 Å². The molecule has 8 nitrogen and oxygen atoms in total. The molecule has 0 radical (unpaired) electrons. The van der Waals surface area contributed by atoms with E-state index < -0.39 is 32.2 Å². The second-order valence-corrected chi connectivity index (χ2v) is 7.79. The summed E-state index contributed by atoms with van der Waals surface area (Å²) < 4.78 is 29.6. The molecule has 23 heavy (non-hydrogen) atoms. The summed E-state index contributed by atoms with van der Waals surface area (Å²) >= 11 is 0. The summed E-state index contributed by atoms with van der Waals surface area (Å²) in [6.45, 7) is 0.177. The molecule has 1 aromatic rings. The molecule has 0 aromatic carbocycles. The molecule has 0 amide bonds. The predicted molar refractivity (Wildman–Crippen MR) is 86.7 cm³/mol. The van der Waals surface area contributed by atoms with Crippen LogP contribution < -0.4 is 21.7 Å². The summed E-state index contributed by atoms with van der Waals surface area (Å²) in [7, 11) is -1.38. The van der Waals surface area contributed by atoms with Crippen LogP contribution in [0.15, 0.2) is 20.7 Å². The number of hydrogen-bond donors (Lipinski definition) is 2. The van der Waals surface area contributed by atoms with Crippen LogP contribution in [-0.4, -0.2) is 30.1 Å². The highest BCUT2D eigenvalue weighted by molar-refractivity contribution is 7.89. The van der Waals surface area contributed by atoms with Gasteiger partial charge in [-0.15, -0.1) is 0 Å². The molecule has 0 saturated heterocycles. The van der Waals surface area contributed by atoms with Gasteiger partial charge in [0.05, 0.1) is 0 Å². The number of aromatic nitrogens is 2. The number of nitrogens with two attached hydrogens (primary N) is 1. The fraction of sp³-hybridized carbons (Fsp3) is 0.714. The minimum Gasteiger partial charge on any atom is -0.329 e. The van der Waals surface area contributed by atoms with Gasteiger partial charge < -0.3 is 10.3 Å². The van der Waals surface area contributed by atoms with Crippen molar-refractivity contribution >= 4 is 10.0 Å². The summed E-state index contributed by atoms with van der Waals surface area (Å²) in [6.07, 6.45) is 6.18. The number of rotatable bonds is 5. The zero-order valence-electron chi connectivity index (χ0n) is 13.5. The summed E-state index contributed by atoms with van der Waals surface area (Å²) in [6, 6.07) is -0.401. The van der Waals surface area contributed by atoms with Crippen LogP contribution in [0.3, 0.4) is 0 Å². The fourth-order valence-electron chi connectivity index (χ4n) is 3.10. The summed E-state index contributed by atoms with van der Waals surface area (Å²) in [5.41, 5.74) is 4.34. The van der Waals surface area contributed by atoms with Gasteiger partial charge in [-0.05, 0) is 18.8 Å². The molecule has 1 saturated carbocycles. The topological polar surface area (TPSA) is 116 Å². The van der Waals surface area contributed by atoms with Gasteiger partial charge in [-0.1, -0.05) is 19.3 Å². The van der Waals surface area contributed by atoms with Gasteiger partial charge in [0.15, 0.2) is 4.90 Å². The van der Waals surface area contributed by atoms with Gasteiger partial charge in [0.1, 0.15) is 0 Å². The molecule has 1 atom stereocenters. The average Bonchev–Trinajstić information content (AvgIpc) is 2.54. The predicted octanol–water partition coefficient (Wildman–Crippen LogP) is -0.730. The maximum absolute atomic E-state index is 12.6. The van der Waals surface area contributed by atoms with Crippen molar-refractivity contribution in [1.82, 2.24) is 13.9 Å². The van der Waals surface area contributed by atoms with Gasteiger partial charge in [-0.2, -0.15) is 0 Å². The fourth-order valence-corrected chi connectivity index (χ4v) is 4.57. The van der Waals surface area contributed by atoms with Crippen LogP contribution in [0.4, 0.5) is 0 Å². The van der Waals surface area contributed by atoms with Crippen LogP contribution in [0.5, 0.6) is 0 Å². The highest BCUT2D eigenvalue weighted by Crippen LogP contribution is 2.26. The Morgan fingerprint density at radius 1 is 1.26 bits per heavy atom. The first-order chi connectivity index (χ1) is 10.8. The van der Waals surface area contributed by atoms with Crippen molar-refractivity contribution in [2.45, 2.75) is 43.0 Å². The van der Waals surface area contributed by atoms with Crippen LogP contribution in [0.25, 0.3) is 0 Å². The van der Waals surface area contributed by atoms with Crippen LogP contribution >= 0.6 is 0 Å². The third-order valence-corrected chi connectivity index (χ3v) is 5.96. The lowest BCUT2D eigenvalue weighted by Crippen LogP contribution is -2.48. The molecule has 0 bridgehead atoms. The minimum absolute atomic E-state index is 0.177. The largest absolute Gasteiger partial charge is 0.330 e. The zero-order chi connectivity index (χ0) is 17.2. The maximum atomic E-state index is 12.6. The average molecular weight is 344 g/mol. The van der Waals surface area contributed by atoms with E-state index in [0.29, 0.717) is 0 Å². The standard InChI is InChI=1S/C14H24N4O4S/c1-17-9-12(13(19)18(2)14(17)20)23(21,22)16-11(8-15)10-6-4-3-5-7-10/h9-11,16H,3-8,15H2,1-2H3. The first-order valence-corrected chi connectivity index (χ1v) is 9.25. The van der Waals surface area contributed by atoms with E-state index in [1.807, 2.05) is 0 Å². The van der Waals surface area contributed by atoms with Gasteiger partial charge in [0, 0.05) is 32.9 Å². The molecule has 2 rings (SSSR count). The van der Waals surface area contributed by atoms with Gasteiger partial charge in [-0.25, -0.2) is 17.9 Å². The van der Waals surface area contributed by atoms with Crippen LogP contribution in [-0.2, 0) is 24.1 Å². The van der Waals surface area contributed by atoms with Crippen molar-refractivity contribution < 1.29 is 8.42 Å². The minimum atomic E-state index is -4.04.